The van der Waals surface area contributed by atoms with Gasteiger partial charge in [-0.25, -0.2) is 9.78 Å². The number of anilines is 2. The van der Waals surface area contributed by atoms with Crippen LogP contribution in [0.4, 0.5) is 11.5 Å². The molecule has 0 aromatic carbocycles. The summed E-state index contributed by atoms with van der Waals surface area (Å²) in [4.78, 5) is 40.8. The van der Waals surface area contributed by atoms with Crippen molar-refractivity contribution < 1.29 is 4.79 Å². The number of hydrogen-bond donors (Lipinski definition) is 2. The molecule has 0 unspecified atom stereocenters. The molecule has 0 radical (unpaired) electrons. The van der Waals surface area contributed by atoms with E-state index < -0.39 is 17.2 Å². The summed E-state index contributed by atoms with van der Waals surface area (Å²) in [6.07, 6.45) is 3.00. The number of carbonyl (C=O) groups excluding carboxylic acids is 1. The van der Waals surface area contributed by atoms with Crippen molar-refractivity contribution >= 4 is 29.0 Å². The first-order valence-corrected chi connectivity index (χ1v) is 7.77. The molecule has 2 aromatic rings. The minimum absolute atomic E-state index is 0.0838. The van der Waals surface area contributed by atoms with Gasteiger partial charge >= 0.3 is 5.69 Å². The molecule has 0 saturated heterocycles. The molecule has 128 valence electrons. The zero-order chi connectivity index (χ0) is 17.9. The van der Waals surface area contributed by atoms with Crippen LogP contribution in [-0.4, -0.2) is 20.0 Å². The Labute approximate surface area is 142 Å². The van der Waals surface area contributed by atoms with Crippen LogP contribution in [0, 0.1) is 0 Å². The van der Waals surface area contributed by atoms with Gasteiger partial charge in [-0.2, -0.15) is 0 Å². The molecule has 0 spiro atoms. The van der Waals surface area contributed by atoms with Gasteiger partial charge in [-0.05, 0) is 18.6 Å². The van der Waals surface area contributed by atoms with Crippen LogP contribution in [0.25, 0.3) is 0 Å². The zero-order valence-corrected chi connectivity index (χ0v) is 14.1. The van der Waals surface area contributed by atoms with Crippen LogP contribution in [0.5, 0.6) is 0 Å². The van der Waals surface area contributed by atoms with Gasteiger partial charge in [0.1, 0.15) is 11.4 Å². The van der Waals surface area contributed by atoms with Crippen molar-refractivity contribution in [1.29, 1.82) is 0 Å². The first-order valence-electron chi connectivity index (χ1n) is 7.39. The van der Waals surface area contributed by atoms with E-state index in [0.29, 0.717) is 13.0 Å². The van der Waals surface area contributed by atoms with Crippen LogP contribution in [0.1, 0.15) is 30.1 Å². The molecule has 3 N–H and O–H groups in total. The molecule has 8 nitrogen and oxygen atoms in total. The summed E-state index contributed by atoms with van der Waals surface area (Å²) < 4.78 is 2.09. The Hall–Kier alpha value is -2.61. The maximum Gasteiger partial charge on any atom is 0.332 e. The van der Waals surface area contributed by atoms with E-state index in [0.717, 1.165) is 11.0 Å². The van der Waals surface area contributed by atoms with Crippen molar-refractivity contribution in [3.63, 3.8) is 0 Å². The minimum atomic E-state index is -0.761. The van der Waals surface area contributed by atoms with Crippen molar-refractivity contribution in [2.75, 3.05) is 11.1 Å². The van der Waals surface area contributed by atoms with E-state index in [1.807, 2.05) is 6.92 Å². The fourth-order valence-electron chi connectivity index (χ4n) is 2.19. The largest absolute Gasteiger partial charge is 0.384 e. The lowest BCUT2D eigenvalue weighted by Crippen LogP contribution is -2.43. The summed E-state index contributed by atoms with van der Waals surface area (Å²) >= 11 is 5.90. The Morgan fingerprint density at radius 1 is 1.42 bits per heavy atom. The first-order chi connectivity index (χ1) is 11.4. The predicted molar refractivity (Wildman–Crippen MR) is 92.5 cm³/mol. The number of carbonyl (C=O) groups is 1. The van der Waals surface area contributed by atoms with Crippen LogP contribution >= 0.6 is 11.6 Å². The first kappa shape index (κ1) is 17.7. The standard InChI is InChI=1S/C15H18ClN5O3/c1-3-4-8-21-12(17)10(14(23)20(2)15(21)24)13(22)19-9-6-5-7-18-11(9)16/h5-7H,3-4,8,17H2,1-2H3,(H,19,22). The zero-order valence-electron chi connectivity index (χ0n) is 13.4. The SMILES string of the molecule is CCCCn1c(N)c(C(=O)Nc2cccnc2Cl)c(=O)n(C)c1=O. The van der Waals surface area contributed by atoms with Crippen molar-refractivity contribution in [3.05, 3.63) is 49.9 Å². The molecule has 0 fully saturated rings. The lowest BCUT2D eigenvalue weighted by molar-refractivity contribution is 0.102. The second kappa shape index (κ2) is 7.31. The monoisotopic (exact) mass is 351 g/mol. The van der Waals surface area contributed by atoms with Gasteiger partial charge in [-0.3, -0.25) is 18.7 Å². The molecule has 0 aliphatic carbocycles. The number of rotatable bonds is 5. The number of halogens is 1. The van der Waals surface area contributed by atoms with Gasteiger partial charge < -0.3 is 11.1 Å². The molecule has 0 atom stereocenters. The van der Waals surface area contributed by atoms with E-state index in [1.165, 1.54) is 17.8 Å². The summed E-state index contributed by atoms with van der Waals surface area (Å²) in [6.45, 7) is 2.28. The van der Waals surface area contributed by atoms with Gasteiger partial charge in [0.15, 0.2) is 5.15 Å². The second-order valence-corrected chi connectivity index (χ2v) is 5.57. The number of unbranched alkanes of at least 4 members (excludes halogenated alkanes) is 1. The fourth-order valence-corrected chi connectivity index (χ4v) is 2.36. The number of nitrogens with two attached hydrogens (primary N) is 1. The highest BCUT2D eigenvalue weighted by Crippen LogP contribution is 2.18. The van der Waals surface area contributed by atoms with Crippen LogP contribution in [0.2, 0.25) is 5.15 Å². The van der Waals surface area contributed by atoms with Crippen LogP contribution in [0.3, 0.4) is 0 Å². The number of amides is 1. The highest BCUT2D eigenvalue weighted by atomic mass is 35.5. The van der Waals surface area contributed by atoms with E-state index in [9.17, 15) is 14.4 Å². The molecule has 0 aliphatic rings. The summed E-state index contributed by atoms with van der Waals surface area (Å²) in [5.41, 5.74) is 4.56. The molecule has 9 heteroatoms. The van der Waals surface area contributed by atoms with E-state index in [2.05, 4.69) is 10.3 Å². The maximum absolute atomic E-state index is 12.5. The number of nitrogens with one attached hydrogen (secondary N) is 1. The lowest BCUT2D eigenvalue weighted by Gasteiger charge is -2.14. The molecular weight excluding hydrogens is 334 g/mol. The highest BCUT2D eigenvalue weighted by molar-refractivity contribution is 6.32. The van der Waals surface area contributed by atoms with Crippen LogP contribution < -0.4 is 22.3 Å². The Bertz CT molecular complexity index is 888. The Morgan fingerprint density at radius 2 is 2.12 bits per heavy atom. The number of aromatic nitrogens is 3. The van der Waals surface area contributed by atoms with Crippen molar-refractivity contribution in [2.24, 2.45) is 7.05 Å². The average molecular weight is 352 g/mol. The second-order valence-electron chi connectivity index (χ2n) is 5.21. The molecule has 0 bridgehead atoms. The molecule has 2 rings (SSSR count). The van der Waals surface area contributed by atoms with E-state index in [-0.39, 0.29) is 22.2 Å². The fraction of sp³-hybridized carbons (Fsp3) is 0.333. The van der Waals surface area contributed by atoms with E-state index in [4.69, 9.17) is 17.3 Å². The number of hydrogen-bond acceptors (Lipinski definition) is 5. The number of nitrogens with zero attached hydrogens (tertiary/aromatic N) is 3. The van der Waals surface area contributed by atoms with E-state index in [1.54, 1.807) is 12.1 Å². The summed E-state index contributed by atoms with van der Waals surface area (Å²) in [7, 11) is 1.31. The van der Waals surface area contributed by atoms with Gasteiger partial charge in [0, 0.05) is 19.8 Å². The topological polar surface area (TPSA) is 112 Å². The predicted octanol–water partition coefficient (Wildman–Crippen LogP) is 1.23. The van der Waals surface area contributed by atoms with Crippen molar-refractivity contribution in [1.82, 2.24) is 14.1 Å². The Balaban J connectivity index is 2.51. The van der Waals surface area contributed by atoms with Crippen LogP contribution in [-0.2, 0) is 13.6 Å². The minimum Gasteiger partial charge on any atom is -0.384 e. The molecule has 2 aromatic heterocycles. The van der Waals surface area contributed by atoms with Crippen molar-refractivity contribution in [3.8, 4) is 0 Å². The highest BCUT2D eigenvalue weighted by Gasteiger charge is 2.22. The van der Waals surface area contributed by atoms with Gasteiger partial charge in [-0.1, -0.05) is 24.9 Å². The Morgan fingerprint density at radius 3 is 2.75 bits per heavy atom. The number of pyridine rings is 1. The third kappa shape index (κ3) is 3.33. The van der Waals surface area contributed by atoms with Crippen LogP contribution in [0.15, 0.2) is 27.9 Å². The molecule has 24 heavy (non-hydrogen) atoms. The van der Waals surface area contributed by atoms with E-state index >= 15 is 0 Å². The molecule has 0 saturated carbocycles. The maximum atomic E-state index is 12.5. The third-order valence-electron chi connectivity index (χ3n) is 3.55. The molecule has 0 aliphatic heterocycles. The molecule has 2 heterocycles. The van der Waals surface area contributed by atoms with Gasteiger partial charge in [0.25, 0.3) is 11.5 Å². The third-order valence-corrected chi connectivity index (χ3v) is 3.85. The van der Waals surface area contributed by atoms with Gasteiger partial charge in [0.05, 0.1) is 5.69 Å². The van der Waals surface area contributed by atoms with Gasteiger partial charge in [0.2, 0.25) is 0 Å². The lowest BCUT2D eigenvalue weighted by atomic mass is 10.2. The summed E-state index contributed by atoms with van der Waals surface area (Å²) in [6, 6.07) is 3.13. The van der Waals surface area contributed by atoms with Crippen molar-refractivity contribution in [2.45, 2.75) is 26.3 Å². The average Bonchev–Trinajstić information content (AvgIpc) is 2.55. The normalized spacial score (nSPS) is 10.6. The Kier molecular flexibility index (Phi) is 5.40. The summed E-state index contributed by atoms with van der Waals surface area (Å²) in [5, 5.41) is 2.58. The number of nitrogen functional groups attached to an aromatic ring is 1. The molecular formula is C15H18ClN5O3. The van der Waals surface area contributed by atoms with Gasteiger partial charge in [-0.15, -0.1) is 0 Å². The quantitative estimate of drug-likeness (QED) is 0.787. The smallest absolute Gasteiger partial charge is 0.332 e. The molecule has 1 amide bonds. The summed E-state index contributed by atoms with van der Waals surface area (Å²) in [5.74, 6) is -0.901.